The number of ether oxygens (including phenoxy) is 1. The third-order valence-corrected chi connectivity index (χ3v) is 4.10. The van der Waals surface area contributed by atoms with Crippen LogP contribution in [0.4, 0.5) is 0 Å². The Hall–Kier alpha value is -1.75. The molecule has 0 bridgehead atoms. The average Bonchev–Trinajstić information content (AvgIpc) is 3.05. The zero-order valence-electron chi connectivity index (χ0n) is 13.5. The highest BCUT2D eigenvalue weighted by atomic mass is 35.5. The average molecular weight is 339 g/mol. The van der Waals surface area contributed by atoms with Gasteiger partial charge < -0.3 is 15.0 Å². The van der Waals surface area contributed by atoms with Crippen LogP contribution in [-0.4, -0.2) is 42.5 Å². The van der Waals surface area contributed by atoms with Gasteiger partial charge in [0.15, 0.2) is 6.61 Å². The van der Waals surface area contributed by atoms with Crippen molar-refractivity contribution in [3.8, 4) is 5.75 Å². The van der Waals surface area contributed by atoms with Gasteiger partial charge in [-0.05, 0) is 43.0 Å². The number of hydrogen-bond acceptors (Lipinski definition) is 3. The van der Waals surface area contributed by atoms with Gasteiger partial charge in [-0.25, -0.2) is 0 Å². The van der Waals surface area contributed by atoms with E-state index in [1.54, 1.807) is 24.3 Å². The molecule has 2 amide bonds. The summed E-state index contributed by atoms with van der Waals surface area (Å²) in [5.41, 5.74) is 0. The highest BCUT2D eigenvalue weighted by Gasteiger charge is 2.29. The molecule has 5 nitrogen and oxygen atoms in total. The van der Waals surface area contributed by atoms with Gasteiger partial charge in [-0.1, -0.05) is 25.4 Å². The van der Waals surface area contributed by atoms with Crippen molar-refractivity contribution in [2.24, 2.45) is 5.92 Å². The number of carbonyl (C=O) groups is 2. The van der Waals surface area contributed by atoms with Crippen molar-refractivity contribution in [3.63, 3.8) is 0 Å². The van der Waals surface area contributed by atoms with Gasteiger partial charge in [0, 0.05) is 18.1 Å². The molecule has 1 heterocycles. The number of nitrogens with zero attached hydrogens (tertiary/aromatic N) is 1. The van der Waals surface area contributed by atoms with Gasteiger partial charge in [0.05, 0.1) is 0 Å². The Balaban J connectivity index is 1.87. The van der Waals surface area contributed by atoms with E-state index in [0.29, 0.717) is 10.8 Å². The van der Waals surface area contributed by atoms with Crippen LogP contribution >= 0.6 is 11.6 Å². The van der Waals surface area contributed by atoms with Gasteiger partial charge in [0.2, 0.25) is 5.91 Å². The lowest BCUT2D eigenvalue weighted by Crippen LogP contribution is -2.51. The van der Waals surface area contributed by atoms with Crippen molar-refractivity contribution >= 4 is 23.4 Å². The highest BCUT2D eigenvalue weighted by molar-refractivity contribution is 6.30. The molecule has 0 aliphatic carbocycles. The Bertz CT molecular complexity index is 539. The normalized spacial score (nSPS) is 15.6. The molecule has 126 valence electrons. The molecule has 1 aromatic rings. The van der Waals surface area contributed by atoms with Crippen molar-refractivity contribution in [1.82, 2.24) is 10.2 Å². The number of likely N-dealkylation sites (tertiary alicyclic amines) is 1. The quantitative estimate of drug-likeness (QED) is 0.867. The van der Waals surface area contributed by atoms with Crippen molar-refractivity contribution < 1.29 is 14.3 Å². The topological polar surface area (TPSA) is 58.6 Å². The van der Waals surface area contributed by atoms with Crippen molar-refractivity contribution in [2.75, 3.05) is 19.7 Å². The summed E-state index contributed by atoms with van der Waals surface area (Å²) in [7, 11) is 0. The van der Waals surface area contributed by atoms with E-state index >= 15 is 0 Å². The van der Waals surface area contributed by atoms with E-state index in [-0.39, 0.29) is 24.3 Å². The molecular formula is C17H23ClN2O3. The first-order chi connectivity index (χ1) is 11.0. The molecular weight excluding hydrogens is 316 g/mol. The van der Waals surface area contributed by atoms with E-state index < -0.39 is 6.04 Å². The predicted octanol–water partition coefficient (Wildman–Crippen LogP) is 2.48. The largest absolute Gasteiger partial charge is 0.484 e. The van der Waals surface area contributed by atoms with Gasteiger partial charge in [-0.15, -0.1) is 0 Å². The summed E-state index contributed by atoms with van der Waals surface area (Å²) in [5, 5.41) is 3.40. The lowest BCUT2D eigenvalue weighted by molar-refractivity contribution is -0.137. The molecule has 2 rings (SSSR count). The van der Waals surface area contributed by atoms with Gasteiger partial charge in [0.1, 0.15) is 11.8 Å². The van der Waals surface area contributed by atoms with E-state index in [1.165, 1.54) is 0 Å². The maximum absolute atomic E-state index is 12.5. The fourth-order valence-electron chi connectivity index (χ4n) is 2.54. The van der Waals surface area contributed by atoms with Gasteiger partial charge in [0.25, 0.3) is 5.91 Å². The number of nitrogens with one attached hydrogen (secondary N) is 1. The summed E-state index contributed by atoms with van der Waals surface area (Å²) in [6, 6.07) is 6.29. The lowest BCUT2D eigenvalue weighted by atomic mass is 10.0. The van der Waals surface area contributed by atoms with Crippen LogP contribution in [0.2, 0.25) is 5.02 Å². The van der Waals surface area contributed by atoms with Crippen LogP contribution in [0.25, 0.3) is 0 Å². The number of hydrogen-bond donors (Lipinski definition) is 1. The molecule has 23 heavy (non-hydrogen) atoms. The predicted molar refractivity (Wildman–Crippen MR) is 89.5 cm³/mol. The smallest absolute Gasteiger partial charge is 0.258 e. The standard InChI is InChI=1S/C17H23ClN2O3/c1-12(2)16(17(22)20-9-3-4-10-20)19-15(21)11-23-14-7-5-13(18)6-8-14/h5-8,12,16H,3-4,9-11H2,1-2H3,(H,19,21)/t16-/m0/s1. The van der Waals surface area contributed by atoms with Crippen molar-refractivity contribution in [2.45, 2.75) is 32.7 Å². The fraction of sp³-hybridized carbons (Fsp3) is 0.529. The van der Waals surface area contributed by atoms with Gasteiger partial charge in [-0.3, -0.25) is 9.59 Å². The summed E-state index contributed by atoms with van der Waals surface area (Å²) < 4.78 is 5.41. The molecule has 0 saturated carbocycles. The molecule has 0 radical (unpaired) electrons. The lowest BCUT2D eigenvalue weighted by Gasteiger charge is -2.26. The number of rotatable bonds is 6. The molecule has 1 atom stereocenters. The minimum atomic E-state index is -0.505. The van der Waals surface area contributed by atoms with Gasteiger partial charge >= 0.3 is 0 Å². The molecule has 1 aromatic carbocycles. The Labute approximate surface area is 141 Å². The molecule has 1 N–H and O–H groups in total. The number of amides is 2. The van der Waals surface area contributed by atoms with E-state index in [9.17, 15) is 9.59 Å². The number of halogens is 1. The molecule has 1 saturated heterocycles. The zero-order valence-corrected chi connectivity index (χ0v) is 14.3. The van der Waals surface area contributed by atoms with Crippen LogP contribution in [0.15, 0.2) is 24.3 Å². The van der Waals surface area contributed by atoms with Crippen molar-refractivity contribution in [1.29, 1.82) is 0 Å². The second-order valence-electron chi connectivity index (χ2n) is 6.06. The fourth-order valence-corrected chi connectivity index (χ4v) is 2.67. The van der Waals surface area contributed by atoms with Crippen LogP contribution in [0, 0.1) is 5.92 Å². The van der Waals surface area contributed by atoms with E-state index in [4.69, 9.17) is 16.3 Å². The summed E-state index contributed by atoms with van der Waals surface area (Å²) >= 11 is 5.80. The minimum absolute atomic E-state index is 0.00246. The van der Waals surface area contributed by atoms with Gasteiger partial charge in [-0.2, -0.15) is 0 Å². The van der Waals surface area contributed by atoms with Crippen molar-refractivity contribution in [3.05, 3.63) is 29.3 Å². The summed E-state index contributed by atoms with van der Waals surface area (Å²) in [5.74, 6) is 0.294. The first kappa shape index (κ1) is 17.6. The molecule has 1 aliphatic rings. The molecule has 6 heteroatoms. The molecule has 0 aromatic heterocycles. The zero-order chi connectivity index (χ0) is 16.8. The van der Waals surface area contributed by atoms with Crippen LogP contribution < -0.4 is 10.1 Å². The second kappa shape index (κ2) is 8.20. The summed E-state index contributed by atoms with van der Waals surface area (Å²) in [6.07, 6.45) is 2.06. The molecule has 0 spiro atoms. The molecule has 1 fully saturated rings. The van der Waals surface area contributed by atoms with Crippen LogP contribution in [0.5, 0.6) is 5.75 Å². The molecule has 1 aliphatic heterocycles. The van der Waals surface area contributed by atoms with E-state index in [1.807, 2.05) is 18.7 Å². The van der Waals surface area contributed by atoms with Crippen LogP contribution in [-0.2, 0) is 9.59 Å². The highest BCUT2D eigenvalue weighted by Crippen LogP contribution is 2.16. The monoisotopic (exact) mass is 338 g/mol. The van der Waals surface area contributed by atoms with Crippen LogP contribution in [0.3, 0.4) is 0 Å². The number of carbonyl (C=O) groups excluding carboxylic acids is 2. The second-order valence-corrected chi connectivity index (χ2v) is 6.50. The maximum Gasteiger partial charge on any atom is 0.258 e. The minimum Gasteiger partial charge on any atom is -0.484 e. The third-order valence-electron chi connectivity index (χ3n) is 3.85. The van der Waals surface area contributed by atoms with E-state index in [0.717, 1.165) is 25.9 Å². The summed E-state index contributed by atoms with van der Waals surface area (Å²) in [6.45, 7) is 5.29. The maximum atomic E-state index is 12.5. The van der Waals surface area contributed by atoms with Crippen LogP contribution in [0.1, 0.15) is 26.7 Å². The summed E-state index contributed by atoms with van der Waals surface area (Å²) in [4.78, 5) is 26.4. The third kappa shape index (κ3) is 5.13. The Morgan fingerprint density at radius 3 is 2.39 bits per heavy atom. The number of benzene rings is 1. The van der Waals surface area contributed by atoms with E-state index in [2.05, 4.69) is 5.32 Å². The first-order valence-corrected chi connectivity index (χ1v) is 8.31. The first-order valence-electron chi connectivity index (χ1n) is 7.94. The Morgan fingerprint density at radius 1 is 1.22 bits per heavy atom. The Kier molecular flexibility index (Phi) is 6.28. The molecule has 0 unspecified atom stereocenters. The Morgan fingerprint density at radius 2 is 1.83 bits per heavy atom. The SMILES string of the molecule is CC(C)[C@H](NC(=O)COc1ccc(Cl)cc1)C(=O)N1CCCC1.